The molecule has 7 heteroatoms. The molecule has 3 aromatic rings. The number of carbonyl (C=O) groups is 1. The van der Waals surface area contributed by atoms with Gasteiger partial charge in [0, 0.05) is 0 Å². The molecule has 1 aromatic heterocycles. The Hall–Kier alpha value is -3.11. The van der Waals surface area contributed by atoms with E-state index in [1.54, 1.807) is 25.1 Å². The second-order valence-electron chi connectivity index (χ2n) is 6.06. The second-order valence-corrected chi connectivity index (χ2v) is 6.91. The van der Waals surface area contributed by atoms with Crippen molar-refractivity contribution in [2.45, 2.75) is 13.8 Å². The Labute approximate surface area is 170 Å². The smallest absolute Gasteiger partial charge is 0.344 e. The molecule has 0 saturated carbocycles. The van der Waals surface area contributed by atoms with Crippen molar-refractivity contribution in [1.29, 1.82) is 5.26 Å². The third-order valence-corrected chi connectivity index (χ3v) is 4.55. The van der Waals surface area contributed by atoms with Crippen LogP contribution in [0.1, 0.15) is 23.9 Å². The number of aromatic nitrogens is 2. The number of ether oxygens (including phenoxy) is 2. The quantitative estimate of drug-likeness (QED) is 0.446. The fourth-order valence-corrected chi connectivity index (χ4v) is 3.15. The third-order valence-electron chi connectivity index (χ3n) is 3.93. The van der Waals surface area contributed by atoms with Gasteiger partial charge in [-0.15, -0.1) is 0 Å². The summed E-state index contributed by atoms with van der Waals surface area (Å²) in [5, 5.41) is 9.57. The van der Waals surface area contributed by atoms with E-state index in [-0.39, 0.29) is 6.61 Å². The molecular formula is C21H18BrN3O3. The second kappa shape index (κ2) is 8.72. The third kappa shape index (κ3) is 4.59. The number of carbonyl (C=O) groups excluding carboxylic acids is 1. The monoisotopic (exact) mass is 439 g/mol. The van der Waals surface area contributed by atoms with E-state index in [0.717, 1.165) is 22.2 Å². The van der Waals surface area contributed by atoms with Gasteiger partial charge in [0.05, 0.1) is 27.7 Å². The van der Waals surface area contributed by atoms with Gasteiger partial charge in [0.15, 0.2) is 6.61 Å². The molecule has 3 rings (SSSR count). The lowest BCUT2D eigenvalue weighted by molar-refractivity contribution is -0.145. The number of halogens is 1. The lowest BCUT2D eigenvalue weighted by Crippen LogP contribution is -2.14. The lowest BCUT2D eigenvalue weighted by atomic mass is 10.1. The Morgan fingerprint density at radius 3 is 2.86 bits per heavy atom. The van der Waals surface area contributed by atoms with Crippen LogP contribution in [0.3, 0.4) is 0 Å². The van der Waals surface area contributed by atoms with Crippen LogP contribution >= 0.6 is 15.9 Å². The summed E-state index contributed by atoms with van der Waals surface area (Å²) in [6.45, 7) is 3.89. The largest absolute Gasteiger partial charge is 0.481 e. The molecule has 142 valence electrons. The van der Waals surface area contributed by atoms with Gasteiger partial charge in [-0.25, -0.2) is 9.78 Å². The molecule has 28 heavy (non-hydrogen) atoms. The summed E-state index contributed by atoms with van der Waals surface area (Å²) in [7, 11) is 0. The van der Waals surface area contributed by atoms with Crippen LogP contribution in [0.2, 0.25) is 0 Å². The van der Waals surface area contributed by atoms with E-state index in [4.69, 9.17) is 9.47 Å². The molecule has 0 radical (unpaired) electrons. The van der Waals surface area contributed by atoms with Crippen LogP contribution in [0.5, 0.6) is 5.75 Å². The minimum Gasteiger partial charge on any atom is -0.481 e. The number of imidazole rings is 1. The molecule has 0 spiro atoms. The first-order valence-electron chi connectivity index (χ1n) is 8.66. The summed E-state index contributed by atoms with van der Waals surface area (Å²) in [5.74, 6) is 0.607. The molecule has 0 fully saturated rings. The molecule has 0 unspecified atom stereocenters. The zero-order valence-corrected chi connectivity index (χ0v) is 17.0. The maximum absolute atomic E-state index is 11.4. The maximum atomic E-state index is 11.4. The number of esters is 1. The van der Waals surface area contributed by atoms with Crippen molar-refractivity contribution in [3.63, 3.8) is 0 Å². The molecule has 6 nitrogen and oxygen atoms in total. The molecule has 0 aliphatic carbocycles. The summed E-state index contributed by atoms with van der Waals surface area (Å²) in [4.78, 5) is 19.1. The number of benzene rings is 2. The van der Waals surface area contributed by atoms with Crippen LogP contribution in [-0.2, 0) is 9.53 Å². The molecular weight excluding hydrogens is 422 g/mol. The highest BCUT2D eigenvalue weighted by atomic mass is 79.9. The van der Waals surface area contributed by atoms with Crippen molar-refractivity contribution in [2.75, 3.05) is 13.2 Å². The van der Waals surface area contributed by atoms with Gasteiger partial charge in [0.1, 0.15) is 17.6 Å². The highest BCUT2D eigenvalue weighted by Gasteiger charge is 2.10. The topological polar surface area (TPSA) is 88.0 Å². The zero-order chi connectivity index (χ0) is 20.1. The van der Waals surface area contributed by atoms with Gasteiger partial charge in [-0.1, -0.05) is 12.1 Å². The minimum atomic E-state index is -0.426. The first-order valence-corrected chi connectivity index (χ1v) is 9.46. The Morgan fingerprint density at radius 2 is 2.14 bits per heavy atom. The zero-order valence-electron chi connectivity index (χ0n) is 15.5. The van der Waals surface area contributed by atoms with Crippen LogP contribution < -0.4 is 4.74 Å². The van der Waals surface area contributed by atoms with E-state index < -0.39 is 5.97 Å². The molecule has 0 aliphatic rings. The van der Waals surface area contributed by atoms with Gasteiger partial charge in [-0.2, -0.15) is 5.26 Å². The molecule has 0 bridgehead atoms. The van der Waals surface area contributed by atoms with Gasteiger partial charge >= 0.3 is 5.97 Å². The van der Waals surface area contributed by atoms with E-state index in [1.165, 1.54) is 0 Å². The number of allylic oxidation sites excluding steroid dienone is 1. The standard InChI is InChI=1S/C21H18BrN3O3/c1-3-27-20(26)12-28-19-7-5-14(10-16(19)22)9-15(11-23)21-24-17-6-4-13(2)8-18(17)25-21/h4-10H,3,12H2,1-2H3,(H,24,25)/b15-9-. The van der Waals surface area contributed by atoms with Crippen LogP contribution in [-0.4, -0.2) is 29.2 Å². The molecule has 2 aromatic carbocycles. The Morgan fingerprint density at radius 1 is 1.32 bits per heavy atom. The Kier molecular flexibility index (Phi) is 6.12. The summed E-state index contributed by atoms with van der Waals surface area (Å²) in [5.41, 5.74) is 4.03. The number of aryl methyl sites for hydroxylation is 1. The Balaban J connectivity index is 1.83. The van der Waals surface area contributed by atoms with Crippen LogP contribution in [0.4, 0.5) is 0 Å². The van der Waals surface area contributed by atoms with E-state index in [9.17, 15) is 10.1 Å². The first-order chi connectivity index (χ1) is 13.5. The fraction of sp³-hybridized carbons (Fsp3) is 0.190. The van der Waals surface area contributed by atoms with E-state index in [0.29, 0.717) is 28.2 Å². The van der Waals surface area contributed by atoms with Crippen molar-refractivity contribution in [2.24, 2.45) is 0 Å². The van der Waals surface area contributed by atoms with Gasteiger partial charge < -0.3 is 14.5 Å². The lowest BCUT2D eigenvalue weighted by Gasteiger charge is -2.08. The average molecular weight is 440 g/mol. The van der Waals surface area contributed by atoms with Gasteiger partial charge in [-0.05, 0) is 71.2 Å². The summed E-state index contributed by atoms with van der Waals surface area (Å²) >= 11 is 3.43. The normalized spacial score (nSPS) is 11.3. The molecule has 1 heterocycles. The number of nitriles is 1. The minimum absolute atomic E-state index is 0.163. The van der Waals surface area contributed by atoms with Crippen molar-refractivity contribution in [1.82, 2.24) is 9.97 Å². The number of hydrogen-bond donors (Lipinski definition) is 1. The van der Waals surface area contributed by atoms with E-state index >= 15 is 0 Å². The number of aromatic amines is 1. The van der Waals surface area contributed by atoms with Gasteiger partial charge in [-0.3, -0.25) is 0 Å². The number of rotatable bonds is 6. The maximum Gasteiger partial charge on any atom is 0.344 e. The fourth-order valence-electron chi connectivity index (χ4n) is 2.63. The highest BCUT2D eigenvalue weighted by Crippen LogP contribution is 2.28. The number of nitrogens with one attached hydrogen (secondary N) is 1. The average Bonchev–Trinajstić information content (AvgIpc) is 3.08. The highest BCUT2D eigenvalue weighted by molar-refractivity contribution is 9.10. The van der Waals surface area contributed by atoms with E-state index in [1.807, 2.05) is 31.2 Å². The van der Waals surface area contributed by atoms with Gasteiger partial charge in [0.2, 0.25) is 0 Å². The molecule has 0 amide bonds. The van der Waals surface area contributed by atoms with Crippen molar-refractivity contribution >= 4 is 44.6 Å². The summed E-state index contributed by atoms with van der Waals surface area (Å²) < 4.78 is 11.0. The van der Waals surface area contributed by atoms with Crippen molar-refractivity contribution < 1.29 is 14.3 Å². The van der Waals surface area contributed by atoms with E-state index in [2.05, 4.69) is 32.0 Å². The number of fused-ring (bicyclic) bond motifs is 1. The van der Waals surface area contributed by atoms with Crippen molar-refractivity contribution in [3.8, 4) is 11.8 Å². The molecule has 0 atom stereocenters. The summed E-state index contributed by atoms with van der Waals surface area (Å²) in [6, 6.07) is 13.4. The predicted molar refractivity (Wildman–Crippen MR) is 111 cm³/mol. The molecule has 0 aliphatic heterocycles. The first kappa shape index (κ1) is 19.6. The number of hydrogen-bond acceptors (Lipinski definition) is 5. The number of H-pyrrole nitrogens is 1. The predicted octanol–water partition coefficient (Wildman–Crippen LogP) is 4.64. The number of nitrogens with zero attached hydrogens (tertiary/aromatic N) is 2. The van der Waals surface area contributed by atoms with Crippen LogP contribution in [0.15, 0.2) is 40.9 Å². The van der Waals surface area contributed by atoms with Gasteiger partial charge in [0.25, 0.3) is 0 Å². The molecule has 1 N–H and O–H groups in total. The SMILES string of the molecule is CCOC(=O)COc1ccc(/C=C(/C#N)c2nc3ccc(C)cc3[nH]2)cc1Br. The van der Waals surface area contributed by atoms with Crippen molar-refractivity contribution in [3.05, 3.63) is 57.8 Å². The van der Waals surface area contributed by atoms with Crippen LogP contribution in [0.25, 0.3) is 22.7 Å². The molecule has 0 saturated heterocycles. The van der Waals surface area contributed by atoms with Crippen LogP contribution in [0, 0.1) is 18.3 Å². The summed E-state index contributed by atoms with van der Waals surface area (Å²) in [6.07, 6.45) is 1.74. The Bertz CT molecular complexity index is 1100.